The summed E-state index contributed by atoms with van der Waals surface area (Å²) in [5, 5.41) is 0. The summed E-state index contributed by atoms with van der Waals surface area (Å²) < 4.78 is 16.7. The Balaban J connectivity index is 4.13. The quantitative estimate of drug-likeness (QED) is 0.0346. The first kappa shape index (κ1) is 55.4. The van der Waals surface area contributed by atoms with Crippen molar-refractivity contribution in [3.8, 4) is 0 Å². The van der Waals surface area contributed by atoms with E-state index in [1.807, 2.05) is 0 Å². The van der Waals surface area contributed by atoms with Gasteiger partial charge in [0.15, 0.2) is 6.10 Å². The molecule has 0 saturated carbocycles. The standard InChI is InChI=1S/C51H98O6/c1-6-7-8-9-10-21-25-31-36-41-49(52)55-44-48(57-51(54)43-38-33-28-27-30-35-40-47(4)5)45-56-50(53)42-37-32-26-23-20-18-16-14-12-11-13-15-17-19-22-24-29-34-39-46(2)3/h46-48H,6-45H2,1-5H3/t48-/m1/s1. The number of carbonyl (C=O) groups excluding carboxylic acids is 3. The van der Waals surface area contributed by atoms with Gasteiger partial charge in [-0.15, -0.1) is 0 Å². The van der Waals surface area contributed by atoms with Crippen molar-refractivity contribution in [3.63, 3.8) is 0 Å². The van der Waals surface area contributed by atoms with Crippen LogP contribution in [-0.4, -0.2) is 37.2 Å². The zero-order chi connectivity index (χ0) is 41.9. The van der Waals surface area contributed by atoms with E-state index in [9.17, 15) is 14.4 Å². The fraction of sp³-hybridized carbons (Fsp3) is 0.941. The Labute approximate surface area is 355 Å². The average Bonchev–Trinajstić information content (AvgIpc) is 3.18. The zero-order valence-corrected chi connectivity index (χ0v) is 39.0. The molecular weight excluding hydrogens is 709 g/mol. The maximum Gasteiger partial charge on any atom is 0.306 e. The van der Waals surface area contributed by atoms with E-state index in [2.05, 4.69) is 34.6 Å². The first-order chi connectivity index (χ1) is 27.7. The van der Waals surface area contributed by atoms with Crippen LogP contribution in [0.2, 0.25) is 0 Å². The molecule has 0 N–H and O–H groups in total. The Morgan fingerprint density at radius 1 is 0.333 bits per heavy atom. The predicted molar refractivity (Wildman–Crippen MR) is 243 cm³/mol. The summed E-state index contributed by atoms with van der Waals surface area (Å²) >= 11 is 0. The van der Waals surface area contributed by atoms with Crippen LogP contribution in [0.1, 0.15) is 279 Å². The molecule has 0 bridgehead atoms. The highest BCUT2D eigenvalue weighted by molar-refractivity contribution is 5.71. The minimum absolute atomic E-state index is 0.0651. The molecule has 0 unspecified atom stereocenters. The van der Waals surface area contributed by atoms with Gasteiger partial charge >= 0.3 is 17.9 Å². The summed E-state index contributed by atoms with van der Waals surface area (Å²) in [6.45, 7) is 11.3. The molecule has 0 radical (unpaired) electrons. The lowest BCUT2D eigenvalue weighted by molar-refractivity contribution is -0.167. The van der Waals surface area contributed by atoms with Crippen molar-refractivity contribution >= 4 is 17.9 Å². The first-order valence-corrected chi connectivity index (χ1v) is 25.2. The van der Waals surface area contributed by atoms with Crippen LogP contribution in [0.3, 0.4) is 0 Å². The molecule has 0 spiro atoms. The number of rotatable bonds is 45. The molecule has 0 saturated heterocycles. The lowest BCUT2D eigenvalue weighted by Crippen LogP contribution is -2.30. The van der Waals surface area contributed by atoms with Gasteiger partial charge in [0.05, 0.1) is 0 Å². The molecule has 0 aliphatic carbocycles. The van der Waals surface area contributed by atoms with Crippen LogP contribution in [0.4, 0.5) is 0 Å². The molecule has 0 aromatic heterocycles. The molecule has 0 heterocycles. The van der Waals surface area contributed by atoms with Crippen LogP contribution in [0.15, 0.2) is 0 Å². The maximum atomic E-state index is 12.7. The van der Waals surface area contributed by atoms with Crippen molar-refractivity contribution in [2.45, 2.75) is 285 Å². The number of carbonyl (C=O) groups is 3. The molecule has 0 aromatic carbocycles. The Morgan fingerprint density at radius 2 is 0.579 bits per heavy atom. The van der Waals surface area contributed by atoms with E-state index in [1.54, 1.807) is 0 Å². The van der Waals surface area contributed by atoms with Crippen LogP contribution in [0.25, 0.3) is 0 Å². The molecular formula is C51H98O6. The van der Waals surface area contributed by atoms with E-state index in [0.29, 0.717) is 19.3 Å². The molecule has 0 aromatic rings. The van der Waals surface area contributed by atoms with Crippen LogP contribution in [0, 0.1) is 11.8 Å². The first-order valence-electron chi connectivity index (χ1n) is 25.2. The van der Waals surface area contributed by atoms with Crippen LogP contribution in [0.5, 0.6) is 0 Å². The summed E-state index contributed by atoms with van der Waals surface area (Å²) in [5.74, 6) is 0.759. The highest BCUT2D eigenvalue weighted by atomic mass is 16.6. The molecule has 0 aliphatic heterocycles. The fourth-order valence-corrected chi connectivity index (χ4v) is 7.64. The van der Waals surface area contributed by atoms with Gasteiger partial charge in [0.2, 0.25) is 0 Å². The van der Waals surface area contributed by atoms with Crippen molar-refractivity contribution in [2.24, 2.45) is 11.8 Å². The van der Waals surface area contributed by atoms with Gasteiger partial charge in [-0.2, -0.15) is 0 Å². The molecule has 0 amide bonds. The lowest BCUT2D eigenvalue weighted by atomic mass is 10.0. The highest BCUT2D eigenvalue weighted by Crippen LogP contribution is 2.17. The van der Waals surface area contributed by atoms with Gasteiger partial charge in [-0.1, -0.05) is 240 Å². The zero-order valence-electron chi connectivity index (χ0n) is 39.0. The van der Waals surface area contributed by atoms with Crippen LogP contribution < -0.4 is 0 Å². The topological polar surface area (TPSA) is 78.9 Å². The predicted octanol–water partition coefficient (Wildman–Crippen LogP) is 16.1. The monoisotopic (exact) mass is 807 g/mol. The van der Waals surface area contributed by atoms with E-state index in [1.165, 1.54) is 167 Å². The Bertz CT molecular complexity index is 870. The smallest absolute Gasteiger partial charge is 0.306 e. The van der Waals surface area contributed by atoms with Gasteiger partial charge in [0, 0.05) is 19.3 Å². The van der Waals surface area contributed by atoms with E-state index in [0.717, 1.165) is 69.6 Å². The van der Waals surface area contributed by atoms with Crippen molar-refractivity contribution in [1.29, 1.82) is 0 Å². The van der Waals surface area contributed by atoms with Gasteiger partial charge in [-0.3, -0.25) is 14.4 Å². The van der Waals surface area contributed by atoms with Gasteiger partial charge in [-0.05, 0) is 31.1 Å². The third kappa shape index (κ3) is 45.3. The van der Waals surface area contributed by atoms with Crippen molar-refractivity contribution in [3.05, 3.63) is 0 Å². The van der Waals surface area contributed by atoms with Crippen LogP contribution in [-0.2, 0) is 28.6 Å². The third-order valence-electron chi connectivity index (χ3n) is 11.5. The molecule has 0 aliphatic rings. The summed E-state index contributed by atoms with van der Waals surface area (Å²) in [6, 6.07) is 0. The third-order valence-corrected chi connectivity index (χ3v) is 11.5. The van der Waals surface area contributed by atoms with Crippen molar-refractivity contribution in [2.75, 3.05) is 13.2 Å². The molecule has 6 heteroatoms. The highest BCUT2D eigenvalue weighted by Gasteiger charge is 2.19. The normalized spacial score (nSPS) is 12.1. The second-order valence-electron chi connectivity index (χ2n) is 18.4. The number of ether oxygens (including phenoxy) is 3. The summed E-state index contributed by atoms with van der Waals surface area (Å²) in [6.07, 6.45) is 44.0. The van der Waals surface area contributed by atoms with Crippen LogP contribution >= 0.6 is 0 Å². The summed E-state index contributed by atoms with van der Waals surface area (Å²) in [5.41, 5.74) is 0. The number of hydrogen-bond acceptors (Lipinski definition) is 6. The van der Waals surface area contributed by atoms with E-state index in [4.69, 9.17) is 14.2 Å². The molecule has 338 valence electrons. The summed E-state index contributed by atoms with van der Waals surface area (Å²) in [7, 11) is 0. The fourth-order valence-electron chi connectivity index (χ4n) is 7.64. The maximum absolute atomic E-state index is 12.7. The van der Waals surface area contributed by atoms with E-state index < -0.39 is 6.10 Å². The van der Waals surface area contributed by atoms with Gasteiger partial charge in [-0.25, -0.2) is 0 Å². The molecule has 6 nitrogen and oxygen atoms in total. The average molecular weight is 807 g/mol. The minimum atomic E-state index is -0.760. The van der Waals surface area contributed by atoms with Crippen molar-refractivity contribution in [1.82, 2.24) is 0 Å². The number of esters is 3. The molecule has 1 atom stereocenters. The second kappa shape index (κ2) is 44.0. The number of hydrogen-bond donors (Lipinski definition) is 0. The summed E-state index contributed by atoms with van der Waals surface area (Å²) in [4.78, 5) is 37.7. The SMILES string of the molecule is CCCCCCCCCCCC(=O)OC[C@H](COC(=O)CCCCCCCCCCCCCCCCCCCCC(C)C)OC(=O)CCCCCCCCC(C)C. The Morgan fingerprint density at radius 3 is 0.860 bits per heavy atom. The molecule has 0 rings (SSSR count). The lowest BCUT2D eigenvalue weighted by Gasteiger charge is -2.18. The minimum Gasteiger partial charge on any atom is -0.462 e. The van der Waals surface area contributed by atoms with Gasteiger partial charge in [0.1, 0.15) is 13.2 Å². The van der Waals surface area contributed by atoms with Gasteiger partial charge in [0.25, 0.3) is 0 Å². The Hall–Kier alpha value is -1.59. The molecule has 57 heavy (non-hydrogen) atoms. The number of unbranched alkanes of at least 4 members (excludes halogenated alkanes) is 30. The van der Waals surface area contributed by atoms with Gasteiger partial charge < -0.3 is 14.2 Å². The van der Waals surface area contributed by atoms with E-state index in [-0.39, 0.29) is 31.1 Å². The Kier molecular flexibility index (Phi) is 42.7. The second-order valence-corrected chi connectivity index (χ2v) is 18.4. The van der Waals surface area contributed by atoms with E-state index >= 15 is 0 Å². The van der Waals surface area contributed by atoms with Crippen molar-refractivity contribution < 1.29 is 28.6 Å². The largest absolute Gasteiger partial charge is 0.462 e. The molecule has 0 fully saturated rings.